The van der Waals surface area contributed by atoms with Gasteiger partial charge in [-0.25, -0.2) is 4.98 Å². The van der Waals surface area contributed by atoms with E-state index in [1.165, 1.54) is 5.56 Å². The number of nitrogens with zero attached hydrogens (tertiary/aromatic N) is 3. The molecule has 0 saturated heterocycles. The molecule has 0 amide bonds. The van der Waals surface area contributed by atoms with Crippen molar-refractivity contribution in [2.75, 3.05) is 11.1 Å². The summed E-state index contributed by atoms with van der Waals surface area (Å²) in [6.45, 7) is 0.682. The molecule has 3 N–H and O–H groups in total. The first kappa shape index (κ1) is 11.4. The molecule has 2 aromatic heterocycles. The van der Waals surface area contributed by atoms with Crippen molar-refractivity contribution in [3.05, 3.63) is 54.2 Å². The summed E-state index contributed by atoms with van der Waals surface area (Å²) in [5.74, 6) is 0.932. The van der Waals surface area contributed by atoms with Gasteiger partial charge in [-0.3, -0.25) is 0 Å². The first-order valence-corrected chi connectivity index (χ1v) is 5.99. The number of fused-ring (bicyclic) bond motifs is 1. The molecule has 0 atom stereocenters. The maximum absolute atomic E-state index is 5.69. The minimum absolute atomic E-state index is 0.224. The van der Waals surface area contributed by atoms with Gasteiger partial charge in [-0.2, -0.15) is 9.97 Å². The highest BCUT2D eigenvalue weighted by molar-refractivity contribution is 5.87. The molecule has 0 saturated carbocycles. The Kier molecular flexibility index (Phi) is 2.94. The molecule has 0 aliphatic rings. The SMILES string of the molecule is Nc1nc(NCc2ccccc2)c2cccnc2n1. The van der Waals surface area contributed by atoms with Gasteiger partial charge < -0.3 is 11.1 Å². The van der Waals surface area contributed by atoms with Crippen LogP contribution in [-0.2, 0) is 6.54 Å². The normalized spacial score (nSPS) is 10.5. The Hall–Kier alpha value is -2.69. The number of anilines is 2. The molecule has 5 heteroatoms. The summed E-state index contributed by atoms with van der Waals surface area (Å²) in [5.41, 5.74) is 7.47. The van der Waals surface area contributed by atoms with Crippen LogP contribution in [0.4, 0.5) is 11.8 Å². The fraction of sp³-hybridized carbons (Fsp3) is 0.0714. The number of hydrogen-bond donors (Lipinski definition) is 2. The Balaban J connectivity index is 1.92. The molecule has 0 unspecified atom stereocenters. The fourth-order valence-corrected chi connectivity index (χ4v) is 1.90. The molecule has 2 heterocycles. The van der Waals surface area contributed by atoms with Crippen molar-refractivity contribution in [3.8, 4) is 0 Å². The lowest BCUT2D eigenvalue weighted by atomic mass is 10.2. The lowest BCUT2D eigenvalue weighted by molar-refractivity contribution is 1.10. The van der Waals surface area contributed by atoms with Gasteiger partial charge in [-0.15, -0.1) is 0 Å². The van der Waals surface area contributed by atoms with E-state index in [-0.39, 0.29) is 5.95 Å². The molecule has 5 nitrogen and oxygen atoms in total. The zero-order valence-electron chi connectivity index (χ0n) is 10.2. The maximum Gasteiger partial charge on any atom is 0.224 e. The van der Waals surface area contributed by atoms with Crippen LogP contribution in [0, 0.1) is 0 Å². The summed E-state index contributed by atoms with van der Waals surface area (Å²) in [6.07, 6.45) is 1.69. The standard InChI is InChI=1S/C14H13N5/c15-14-18-12-11(7-4-8-16-12)13(19-14)17-9-10-5-2-1-3-6-10/h1-8H,9H2,(H3,15,16,17,18,19). The summed E-state index contributed by atoms with van der Waals surface area (Å²) in [5, 5.41) is 4.14. The monoisotopic (exact) mass is 251 g/mol. The first-order chi connectivity index (χ1) is 9.33. The van der Waals surface area contributed by atoms with Gasteiger partial charge in [0, 0.05) is 12.7 Å². The van der Waals surface area contributed by atoms with Gasteiger partial charge in [0.2, 0.25) is 5.95 Å². The van der Waals surface area contributed by atoms with Gasteiger partial charge >= 0.3 is 0 Å². The van der Waals surface area contributed by atoms with Crippen molar-refractivity contribution < 1.29 is 0 Å². The maximum atomic E-state index is 5.69. The Bertz CT molecular complexity index is 697. The van der Waals surface area contributed by atoms with Crippen LogP contribution in [-0.4, -0.2) is 15.0 Å². The molecular weight excluding hydrogens is 238 g/mol. The summed E-state index contributed by atoms with van der Waals surface area (Å²) in [7, 11) is 0. The Morgan fingerprint density at radius 2 is 1.84 bits per heavy atom. The van der Waals surface area contributed by atoms with Crippen molar-refractivity contribution in [1.82, 2.24) is 15.0 Å². The minimum atomic E-state index is 0.224. The highest BCUT2D eigenvalue weighted by Gasteiger charge is 2.06. The van der Waals surface area contributed by atoms with E-state index in [2.05, 4.69) is 32.4 Å². The predicted molar refractivity (Wildman–Crippen MR) is 75.5 cm³/mol. The average Bonchev–Trinajstić information content (AvgIpc) is 2.45. The third-order valence-electron chi connectivity index (χ3n) is 2.79. The topological polar surface area (TPSA) is 76.7 Å². The zero-order chi connectivity index (χ0) is 13.1. The Morgan fingerprint density at radius 1 is 1.00 bits per heavy atom. The number of aromatic nitrogens is 3. The number of nitrogens with one attached hydrogen (secondary N) is 1. The molecule has 1 aromatic carbocycles. The second kappa shape index (κ2) is 4.89. The van der Waals surface area contributed by atoms with Crippen molar-refractivity contribution in [1.29, 1.82) is 0 Å². The van der Waals surface area contributed by atoms with Crippen molar-refractivity contribution in [2.45, 2.75) is 6.54 Å². The third-order valence-corrected chi connectivity index (χ3v) is 2.79. The number of pyridine rings is 1. The third kappa shape index (κ3) is 2.44. The Morgan fingerprint density at radius 3 is 2.68 bits per heavy atom. The summed E-state index contributed by atoms with van der Waals surface area (Å²) in [4.78, 5) is 12.5. The summed E-state index contributed by atoms with van der Waals surface area (Å²) in [6, 6.07) is 13.9. The molecule has 19 heavy (non-hydrogen) atoms. The van der Waals surface area contributed by atoms with E-state index in [9.17, 15) is 0 Å². The van der Waals surface area contributed by atoms with E-state index in [0.29, 0.717) is 18.0 Å². The van der Waals surface area contributed by atoms with Gasteiger partial charge in [0.25, 0.3) is 0 Å². The van der Waals surface area contributed by atoms with Gasteiger partial charge in [0.1, 0.15) is 5.82 Å². The van der Waals surface area contributed by atoms with Gasteiger partial charge in [0.15, 0.2) is 5.65 Å². The molecule has 0 radical (unpaired) electrons. The number of rotatable bonds is 3. The first-order valence-electron chi connectivity index (χ1n) is 5.99. The molecule has 0 aliphatic heterocycles. The van der Waals surface area contributed by atoms with Crippen LogP contribution < -0.4 is 11.1 Å². The van der Waals surface area contributed by atoms with Crippen LogP contribution in [0.1, 0.15) is 5.56 Å². The van der Waals surface area contributed by atoms with Crippen molar-refractivity contribution in [2.24, 2.45) is 0 Å². The molecular formula is C14H13N5. The largest absolute Gasteiger partial charge is 0.368 e. The van der Waals surface area contributed by atoms with Crippen molar-refractivity contribution in [3.63, 3.8) is 0 Å². The van der Waals surface area contributed by atoms with Crippen LogP contribution in [0.3, 0.4) is 0 Å². The van der Waals surface area contributed by atoms with E-state index in [1.54, 1.807) is 6.20 Å². The molecule has 0 fully saturated rings. The second-order valence-electron chi connectivity index (χ2n) is 4.14. The summed E-state index contributed by atoms with van der Waals surface area (Å²) >= 11 is 0. The van der Waals surface area contributed by atoms with Gasteiger partial charge in [-0.1, -0.05) is 30.3 Å². The van der Waals surface area contributed by atoms with Gasteiger partial charge in [-0.05, 0) is 17.7 Å². The highest BCUT2D eigenvalue weighted by Crippen LogP contribution is 2.19. The van der Waals surface area contributed by atoms with E-state index in [0.717, 1.165) is 5.39 Å². The van der Waals surface area contributed by atoms with E-state index < -0.39 is 0 Å². The molecule has 3 rings (SSSR count). The number of benzene rings is 1. The zero-order valence-corrected chi connectivity index (χ0v) is 10.2. The minimum Gasteiger partial charge on any atom is -0.368 e. The smallest absolute Gasteiger partial charge is 0.224 e. The van der Waals surface area contributed by atoms with Gasteiger partial charge in [0.05, 0.1) is 5.39 Å². The predicted octanol–water partition coefficient (Wildman–Crippen LogP) is 2.22. The number of nitrogens with two attached hydrogens (primary N) is 1. The van der Waals surface area contributed by atoms with Crippen LogP contribution in [0.2, 0.25) is 0 Å². The van der Waals surface area contributed by atoms with E-state index >= 15 is 0 Å². The lowest BCUT2D eigenvalue weighted by Crippen LogP contribution is -2.05. The second-order valence-corrected chi connectivity index (χ2v) is 4.14. The fourth-order valence-electron chi connectivity index (χ4n) is 1.90. The number of hydrogen-bond acceptors (Lipinski definition) is 5. The van der Waals surface area contributed by atoms with Crippen LogP contribution >= 0.6 is 0 Å². The molecule has 0 aliphatic carbocycles. The molecule has 0 spiro atoms. The van der Waals surface area contributed by atoms with Crippen molar-refractivity contribution >= 4 is 22.8 Å². The Labute approximate surface area is 110 Å². The van der Waals surface area contributed by atoms with Crippen LogP contribution in [0.5, 0.6) is 0 Å². The van der Waals surface area contributed by atoms with Crippen LogP contribution in [0.25, 0.3) is 11.0 Å². The molecule has 0 bridgehead atoms. The highest BCUT2D eigenvalue weighted by atomic mass is 15.1. The average molecular weight is 251 g/mol. The molecule has 3 aromatic rings. The van der Waals surface area contributed by atoms with Crippen LogP contribution in [0.15, 0.2) is 48.7 Å². The quantitative estimate of drug-likeness (QED) is 0.746. The molecule has 94 valence electrons. The van der Waals surface area contributed by atoms with E-state index in [4.69, 9.17) is 5.73 Å². The lowest BCUT2D eigenvalue weighted by Gasteiger charge is -2.08. The summed E-state index contributed by atoms with van der Waals surface area (Å²) < 4.78 is 0. The number of nitrogen functional groups attached to an aromatic ring is 1. The van der Waals surface area contributed by atoms with E-state index in [1.807, 2.05) is 30.3 Å².